The summed E-state index contributed by atoms with van der Waals surface area (Å²) in [6.07, 6.45) is 0. The molecular formula is C34H21NO2. The van der Waals surface area contributed by atoms with Crippen LogP contribution >= 0.6 is 0 Å². The molecule has 0 saturated carbocycles. The monoisotopic (exact) mass is 475 g/mol. The second-order valence-electron chi connectivity index (χ2n) is 9.34. The van der Waals surface area contributed by atoms with Crippen LogP contribution < -0.4 is 4.90 Å². The molecule has 0 spiro atoms. The molecule has 37 heavy (non-hydrogen) atoms. The minimum absolute atomic E-state index is 0.869. The van der Waals surface area contributed by atoms with E-state index in [1.165, 1.54) is 0 Å². The van der Waals surface area contributed by atoms with Crippen molar-refractivity contribution in [1.82, 2.24) is 0 Å². The molecule has 0 radical (unpaired) electrons. The molecule has 8 aromatic rings. The quantitative estimate of drug-likeness (QED) is 0.255. The second kappa shape index (κ2) is 7.74. The first-order valence-corrected chi connectivity index (χ1v) is 12.5. The van der Waals surface area contributed by atoms with Crippen molar-refractivity contribution in [2.24, 2.45) is 0 Å². The molecule has 0 aliphatic rings. The third-order valence-electron chi connectivity index (χ3n) is 7.24. The van der Waals surface area contributed by atoms with E-state index in [2.05, 4.69) is 102 Å². The number of rotatable bonds is 3. The summed E-state index contributed by atoms with van der Waals surface area (Å²) in [5.74, 6) is 0. The highest BCUT2D eigenvalue weighted by molar-refractivity contribution is 6.21. The standard InChI is InChI=1S/C34H21NO2/c1-2-11-23(12-3-1)35(28-16-9-19-31-33(28)26-14-5-7-18-30(26)36-31)27-15-8-10-22-20-21-25-24-13-4-6-17-29(24)37-34(25)32(22)27/h1-21H. The molecule has 0 bridgehead atoms. The topological polar surface area (TPSA) is 29.5 Å². The summed E-state index contributed by atoms with van der Waals surface area (Å²) in [5, 5.41) is 6.66. The van der Waals surface area contributed by atoms with Crippen LogP contribution in [0.2, 0.25) is 0 Å². The van der Waals surface area contributed by atoms with Crippen LogP contribution in [0.4, 0.5) is 17.1 Å². The zero-order chi connectivity index (χ0) is 24.3. The summed E-state index contributed by atoms with van der Waals surface area (Å²) in [5.41, 5.74) is 6.75. The average Bonchev–Trinajstić information content (AvgIpc) is 3.53. The van der Waals surface area contributed by atoms with Gasteiger partial charge in [0.1, 0.15) is 22.3 Å². The van der Waals surface area contributed by atoms with Crippen LogP contribution in [0.25, 0.3) is 54.6 Å². The lowest BCUT2D eigenvalue weighted by atomic mass is 10.0. The zero-order valence-electron chi connectivity index (χ0n) is 19.9. The highest BCUT2D eigenvalue weighted by Gasteiger charge is 2.22. The number of nitrogens with zero attached hydrogens (tertiary/aromatic N) is 1. The van der Waals surface area contributed by atoms with Gasteiger partial charge in [0.15, 0.2) is 0 Å². The van der Waals surface area contributed by atoms with Gasteiger partial charge in [-0.3, -0.25) is 0 Å². The number of para-hydroxylation sites is 3. The Morgan fingerprint density at radius 1 is 0.405 bits per heavy atom. The lowest BCUT2D eigenvalue weighted by molar-refractivity contribution is 0.669. The van der Waals surface area contributed by atoms with Crippen molar-refractivity contribution < 1.29 is 8.83 Å². The number of furan rings is 2. The van der Waals surface area contributed by atoms with Gasteiger partial charge >= 0.3 is 0 Å². The van der Waals surface area contributed by atoms with Gasteiger partial charge in [-0.2, -0.15) is 0 Å². The first-order valence-electron chi connectivity index (χ1n) is 12.5. The number of fused-ring (bicyclic) bond motifs is 8. The maximum Gasteiger partial charge on any atom is 0.145 e. The maximum absolute atomic E-state index is 6.53. The molecule has 6 aromatic carbocycles. The Morgan fingerprint density at radius 3 is 1.89 bits per heavy atom. The van der Waals surface area contributed by atoms with Crippen LogP contribution in [-0.4, -0.2) is 0 Å². The highest BCUT2D eigenvalue weighted by Crippen LogP contribution is 2.46. The zero-order valence-corrected chi connectivity index (χ0v) is 19.9. The van der Waals surface area contributed by atoms with E-state index in [1.807, 2.05) is 30.3 Å². The fraction of sp³-hybridized carbons (Fsp3) is 0. The van der Waals surface area contributed by atoms with Gasteiger partial charge in [0.25, 0.3) is 0 Å². The third kappa shape index (κ3) is 2.95. The Balaban J connectivity index is 1.53. The molecule has 0 saturated heterocycles. The van der Waals surface area contributed by atoms with Gasteiger partial charge in [-0.15, -0.1) is 0 Å². The molecule has 0 aliphatic carbocycles. The van der Waals surface area contributed by atoms with Crippen molar-refractivity contribution in [3.8, 4) is 0 Å². The highest BCUT2D eigenvalue weighted by atomic mass is 16.3. The Hall–Kier alpha value is -5.02. The molecule has 2 aromatic heterocycles. The van der Waals surface area contributed by atoms with Crippen molar-refractivity contribution in [2.75, 3.05) is 4.90 Å². The molecule has 0 atom stereocenters. The van der Waals surface area contributed by atoms with E-state index in [9.17, 15) is 0 Å². The van der Waals surface area contributed by atoms with Gasteiger partial charge < -0.3 is 13.7 Å². The second-order valence-corrected chi connectivity index (χ2v) is 9.34. The third-order valence-corrected chi connectivity index (χ3v) is 7.24. The summed E-state index contributed by atoms with van der Waals surface area (Å²) < 4.78 is 12.8. The van der Waals surface area contributed by atoms with Crippen LogP contribution in [0, 0.1) is 0 Å². The largest absolute Gasteiger partial charge is 0.456 e. The van der Waals surface area contributed by atoms with Gasteiger partial charge in [0.05, 0.1) is 16.8 Å². The number of anilines is 3. The summed E-state index contributed by atoms with van der Waals surface area (Å²) in [7, 11) is 0. The van der Waals surface area contributed by atoms with Gasteiger partial charge in [-0.25, -0.2) is 0 Å². The van der Waals surface area contributed by atoms with E-state index in [0.717, 1.165) is 71.7 Å². The van der Waals surface area contributed by atoms with Gasteiger partial charge in [-0.1, -0.05) is 78.9 Å². The fourth-order valence-corrected chi connectivity index (χ4v) is 5.65. The predicted molar refractivity (Wildman–Crippen MR) is 153 cm³/mol. The molecular weight excluding hydrogens is 454 g/mol. The smallest absolute Gasteiger partial charge is 0.145 e. The van der Waals surface area contributed by atoms with Gasteiger partial charge in [0.2, 0.25) is 0 Å². The Bertz CT molecular complexity index is 2100. The van der Waals surface area contributed by atoms with E-state index in [4.69, 9.17) is 8.83 Å². The summed E-state index contributed by atoms with van der Waals surface area (Å²) in [4.78, 5) is 2.33. The Labute approximate surface area is 212 Å². The minimum Gasteiger partial charge on any atom is -0.456 e. The van der Waals surface area contributed by atoms with Gasteiger partial charge in [0, 0.05) is 27.2 Å². The molecule has 0 unspecified atom stereocenters. The van der Waals surface area contributed by atoms with E-state index < -0.39 is 0 Å². The molecule has 3 nitrogen and oxygen atoms in total. The molecule has 0 amide bonds. The van der Waals surface area contributed by atoms with Gasteiger partial charge in [-0.05, 0) is 53.9 Å². The number of hydrogen-bond donors (Lipinski definition) is 0. The van der Waals surface area contributed by atoms with Crippen molar-refractivity contribution >= 4 is 71.7 Å². The summed E-state index contributed by atoms with van der Waals surface area (Å²) in [6, 6.07) is 44.1. The van der Waals surface area contributed by atoms with Crippen LogP contribution in [0.15, 0.2) is 136 Å². The first kappa shape index (κ1) is 20.2. The van der Waals surface area contributed by atoms with Crippen molar-refractivity contribution in [3.05, 3.63) is 127 Å². The lowest BCUT2D eigenvalue weighted by Gasteiger charge is -2.27. The van der Waals surface area contributed by atoms with Crippen LogP contribution in [0.3, 0.4) is 0 Å². The Kier molecular flexibility index (Phi) is 4.23. The fourth-order valence-electron chi connectivity index (χ4n) is 5.65. The minimum atomic E-state index is 0.869. The SMILES string of the molecule is c1ccc(N(c2cccc3oc4ccccc4c23)c2cccc3ccc4c5ccccc5oc4c23)cc1. The molecule has 174 valence electrons. The summed E-state index contributed by atoms with van der Waals surface area (Å²) in [6.45, 7) is 0. The number of hydrogen-bond acceptors (Lipinski definition) is 3. The van der Waals surface area contributed by atoms with Crippen LogP contribution in [-0.2, 0) is 0 Å². The van der Waals surface area contributed by atoms with Crippen LogP contribution in [0.5, 0.6) is 0 Å². The van der Waals surface area contributed by atoms with E-state index in [-0.39, 0.29) is 0 Å². The van der Waals surface area contributed by atoms with E-state index in [0.29, 0.717) is 0 Å². The summed E-state index contributed by atoms with van der Waals surface area (Å²) >= 11 is 0. The molecule has 8 rings (SSSR count). The normalized spacial score (nSPS) is 11.8. The first-order chi connectivity index (χ1) is 18.4. The lowest BCUT2D eigenvalue weighted by Crippen LogP contribution is -2.10. The Morgan fingerprint density at radius 2 is 1.05 bits per heavy atom. The molecule has 0 fully saturated rings. The molecule has 0 N–H and O–H groups in total. The van der Waals surface area contributed by atoms with Crippen molar-refractivity contribution in [3.63, 3.8) is 0 Å². The molecule has 3 heteroatoms. The van der Waals surface area contributed by atoms with E-state index >= 15 is 0 Å². The average molecular weight is 476 g/mol. The van der Waals surface area contributed by atoms with Crippen LogP contribution in [0.1, 0.15) is 0 Å². The molecule has 2 heterocycles. The van der Waals surface area contributed by atoms with E-state index in [1.54, 1.807) is 0 Å². The molecule has 0 aliphatic heterocycles. The maximum atomic E-state index is 6.53. The number of benzene rings is 6. The van der Waals surface area contributed by atoms with Crippen molar-refractivity contribution in [1.29, 1.82) is 0 Å². The predicted octanol–water partition coefficient (Wildman–Crippen LogP) is 10.1. The van der Waals surface area contributed by atoms with Crippen molar-refractivity contribution in [2.45, 2.75) is 0 Å².